The van der Waals surface area contributed by atoms with Gasteiger partial charge in [-0.1, -0.05) is 0 Å². The Bertz CT molecular complexity index is 253. The summed E-state index contributed by atoms with van der Waals surface area (Å²) >= 11 is 4.92. The van der Waals surface area contributed by atoms with Crippen molar-refractivity contribution in [3.63, 3.8) is 0 Å². The van der Waals surface area contributed by atoms with E-state index in [1.54, 1.807) is 6.20 Å². The Kier molecular flexibility index (Phi) is 1.87. The molecule has 0 aromatic carbocycles. The van der Waals surface area contributed by atoms with Gasteiger partial charge in [0.1, 0.15) is 0 Å². The molecule has 0 radical (unpaired) electrons. The third-order valence-corrected chi connectivity index (χ3v) is 1.21. The summed E-state index contributed by atoms with van der Waals surface area (Å²) in [5, 5.41) is -0.959. The number of carbonyl (C=O) groups excluding carboxylic acids is 2. The van der Waals surface area contributed by atoms with Crippen LogP contribution in [-0.4, -0.2) is 16.0 Å². The van der Waals surface area contributed by atoms with Gasteiger partial charge in [0, 0.05) is 18.0 Å². The largest absolute Gasteiger partial charge is 0.367 e. The van der Waals surface area contributed by atoms with E-state index in [0.717, 1.165) is 0 Å². The van der Waals surface area contributed by atoms with Crippen LogP contribution in [-0.2, 0) is 4.79 Å². The summed E-state index contributed by atoms with van der Waals surface area (Å²) < 4.78 is 0. The summed E-state index contributed by atoms with van der Waals surface area (Å²) in [6.07, 6.45) is 2.97. The van der Waals surface area contributed by atoms with E-state index < -0.39 is 11.0 Å². The highest BCUT2D eigenvalue weighted by atomic mass is 35.5. The van der Waals surface area contributed by atoms with Gasteiger partial charge in [-0.25, -0.2) is 0 Å². The first kappa shape index (κ1) is 7.02. The molecule has 3 nitrogen and oxygen atoms in total. The predicted octanol–water partition coefficient (Wildman–Crippen LogP) is 0.963. The lowest BCUT2D eigenvalue weighted by Gasteiger charge is -1.84. The molecule has 0 aliphatic carbocycles. The molecule has 0 saturated heterocycles. The van der Waals surface area contributed by atoms with Crippen LogP contribution >= 0.6 is 11.6 Å². The summed E-state index contributed by atoms with van der Waals surface area (Å²) in [5.74, 6) is -0.678. The second-order valence-electron chi connectivity index (χ2n) is 1.70. The Hall–Kier alpha value is -1.09. The maximum Gasteiger partial charge on any atom is 0.293 e. The van der Waals surface area contributed by atoms with E-state index in [2.05, 4.69) is 4.98 Å². The molecule has 0 aliphatic heterocycles. The average Bonchev–Trinajstić information content (AvgIpc) is 2.36. The summed E-state index contributed by atoms with van der Waals surface area (Å²) in [6.45, 7) is 0. The third-order valence-electron chi connectivity index (χ3n) is 1.04. The van der Waals surface area contributed by atoms with Crippen LogP contribution in [0.15, 0.2) is 18.5 Å². The molecule has 0 amide bonds. The molecule has 0 unspecified atom stereocenters. The van der Waals surface area contributed by atoms with Gasteiger partial charge in [-0.3, -0.25) is 9.59 Å². The van der Waals surface area contributed by atoms with E-state index in [1.165, 1.54) is 12.3 Å². The molecule has 0 bridgehead atoms. The van der Waals surface area contributed by atoms with Crippen LogP contribution in [0.2, 0.25) is 0 Å². The first-order valence-corrected chi connectivity index (χ1v) is 2.96. The van der Waals surface area contributed by atoms with Crippen LogP contribution in [0.3, 0.4) is 0 Å². The molecule has 1 N–H and O–H groups in total. The number of hydrogen-bond donors (Lipinski definition) is 1. The van der Waals surface area contributed by atoms with Crippen LogP contribution < -0.4 is 0 Å². The fourth-order valence-electron chi connectivity index (χ4n) is 0.579. The van der Waals surface area contributed by atoms with Crippen LogP contribution in [0, 0.1) is 0 Å². The summed E-state index contributed by atoms with van der Waals surface area (Å²) in [4.78, 5) is 23.6. The number of aromatic amines is 1. The lowest BCUT2D eigenvalue weighted by Crippen LogP contribution is -2.05. The highest BCUT2D eigenvalue weighted by Gasteiger charge is 2.12. The molecule has 1 aromatic heterocycles. The molecule has 1 aromatic rings. The van der Waals surface area contributed by atoms with Crippen molar-refractivity contribution in [1.29, 1.82) is 0 Å². The topological polar surface area (TPSA) is 49.9 Å². The molecule has 4 heteroatoms. The number of rotatable bonds is 2. The van der Waals surface area contributed by atoms with E-state index in [0.29, 0.717) is 5.56 Å². The number of H-pyrrole nitrogens is 1. The Morgan fingerprint density at radius 2 is 2.20 bits per heavy atom. The van der Waals surface area contributed by atoms with Gasteiger partial charge in [-0.05, 0) is 17.7 Å². The quantitative estimate of drug-likeness (QED) is 0.395. The lowest BCUT2D eigenvalue weighted by atomic mass is 10.2. The van der Waals surface area contributed by atoms with Crippen molar-refractivity contribution in [2.75, 3.05) is 0 Å². The summed E-state index contributed by atoms with van der Waals surface area (Å²) in [6, 6.07) is 1.49. The molecule has 52 valence electrons. The molecule has 0 fully saturated rings. The standard InChI is InChI=1S/C6H4ClNO2/c7-6(10)5(9)4-1-2-8-3-4/h1-3,8H. The Morgan fingerprint density at radius 3 is 2.60 bits per heavy atom. The maximum absolute atomic E-state index is 10.7. The average molecular weight is 158 g/mol. The van der Waals surface area contributed by atoms with Gasteiger partial charge in [0.25, 0.3) is 5.24 Å². The predicted molar refractivity (Wildman–Crippen MR) is 36.0 cm³/mol. The van der Waals surface area contributed by atoms with Gasteiger partial charge in [0.15, 0.2) is 0 Å². The molecular weight excluding hydrogens is 154 g/mol. The van der Waals surface area contributed by atoms with Gasteiger partial charge in [0.05, 0.1) is 0 Å². The van der Waals surface area contributed by atoms with E-state index >= 15 is 0 Å². The Morgan fingerprint density at radius 1 is 1.50 bits per heavy atom. The number of nitrogens with one attached hydrogen (secondary N) is 1. The normalized spacial score (nSPS) is 9.30. The first-order valence-electron chi connectivity index (χ1n) is 2.59. The van der Waals surface area contributed by atoms with E-state index in [-0.39, 0.29) is 0 Å². The number of Topliss-reactive ketones (excluding diaryl/α,β-unsaturated/α-hetero) is 1. The fourth-order valence-corrected chi connectivity index (χ4v) is 0.688. The van der Waals surface area contributed by atoms with Crippen LogP contribution in [0.1, 0.15) is 10.4 Å². The minimum absolute atomic E-state index is 0.292. The van der Waals surface area contributed by atoms with Gasteiger partial charge in [0.2, 0.25) is 5.78 Å². The highest BCUT2D eigenvalue weighted by molar-refractivity contribution is 6.83. The highest BCUT2D eigenvalue weighted by Crippen LogP contribution is 2.00. The van der Waals surface area contributed by atoms with Crippen molar-refractivity contribution in [2.45, 2.75) is 0 Å². The molecular formula is C6H4ClNO2. The first-order chi connectivity index (χ1) is 4.72. The number of aromatic nitrogens is 1. The van der Waals surface area contributed by atoms with Gasteiger partial charge >= 0.3 is 0 Å². The zero-order valence-electron chi connectivity index (χ0n) is 4.93. The van der Waals surface area contributed by atoms with Gasteiger partial charge in [-0.2, -0.15) is 0 Å². The number of halogens is 1. The van der Waals surface area contributed by atoms with E-state index in [4.69, 9.17) is 11.6 Å². The van der Waals surface area contributed by atoms with Crippen molar-refractivity contribution >= 4 is 22.6 Å². The number of carbonyl (C=O) groups is 2. The molecule has 0 aliphatic rings. The molecule has 1 heterocycles. The van der Waals surface area contributed by atoms with Gasteiger partial charge in [-0.15, -0.1) is 0 Å². The molecule has 0 atom stereocenters. The van der Waals surface area contributed by atoms with E-state index in [1.807, 2.05) is 0 Å². The Labute approximate surface area is 62.0 Å². The monoisotopic (exact) mass is 157 g/mol. The maximum atomic E-state index is 10.7. The SMILES string of the molecule is O=C(Cl)C(=O)c1cc[nH]c1. The van der Waals surface area contributed by atoms with Crippen molar-refractivity contribution < 1.29 is 9.59 Å². The molecule has 0 spiro atoms. The molecule has 0 saturated carbocycles. The van der Waals surface area contributed by atoms with Crippen molar-refractivity contribution in [2.24, 2.45) is 0 Å². The van der Waals surface area contributed by atoms with E-state index in [9.17, 15) is 9.59 Å². The third kappa shape index (κ3) is 1.25. The smallest absolute Gasteiger partial charge is 0.293 e. The second kappa shape index (κ2) is 2.66. The zero-order valence-corrected chi connectivity index (χ0v) is 5.68. The van der Waals surface area contributed by atoms with Crippen LogP contribution in [0.25, 0.3) is 0 Å². The minimum atomic E-state index is -0.959. The van der Waals surface area contributed by atoms with Gasteiger partial charge < -0.3 is 4.98 Å². The lowest BCUT2D eigenvalue weighted by molar-refractivity contribution is -0.108. The van der Waals surface area contributed by atoms with Crippen LogP contribution in [0.4, 0.5) is 0 Å². The van der Waals surface area contributed by atoms with Crippen molar-refractivity contribution in [1.82, 2.24) is 4.98 Å². The molecule has 10 heavy (non-hydrogen) atoms. The molecule has 1 rings (SSSR count). The van der Waals surface area contributed by atoms with Crippen molar-refractivity contribution in [3.8, 4) is 0 Å². The zero-order chi connectivity index (χ0) is 7.56. The Balaban J connectivity index is 2.88. The minimum Gasteiger partial charge on any atom is -0.367 e. The summed E-state index contributed by atoms with van der Waals surface area (Å²) in [7, 11) is 0. The number of ketones is 1. The van der Waals surface area contributed by atoms with Crippen LogP contribution in [0.5, 0.6) is 0 Å². The second-order valence-corrected chi connectivity index (χ2v) is 2.05. The summed E-state index contributed by atoms with van der Waals surface area (Å²) in [5.41, 5.74) is 0.292. The van der Waals surface area contributed by atoms with Crippen molar-refractivity contribution in [3.05, 3.63) is 24.0 Å². The fraction of sp³-hybridized carbons (Fsp3) is 0. The number of hydrogen-bond acceptors (Lipinski definition) is 2.